The highest BCUT2D eigenvalue weighted by Gasteiger charge is 2.19. The van der Waals surface area contributed by atoms with Crippen LogP contribution in [0.5, 0.6) is 0 Å². The molecule has 1 atom stereocenters. The van der Waals surface area contributed by atoms with Crippen molar-refractivity contribution in [2.75, 3.05) is 6.61 Å². The zero-order chi connectivity index (χ0) is 20.5. The third-order valence-electron chi connectivity index (χ3n) is 4.19. The Labute approximate surface area is 168 Å². The first kappa shape index (κ1) is 20.2. The van der Waals surface area contributed by atoms with Gasteiger partial charge in [-0.3, -0.25) is 14.6 Å². The van der Waals surface area contributed by atoms with Gasteiger partial charge >= 0.3 is 5.97 Å². The summed E-state index contributed by atoms with van der Waals surface area (Å²) < 4.78 is 10.2. The zero-order valence-corrected chi connectivity index (χ0v) is 16.1. The number of carbonyl (C=O) groups is 2. The normalized spacial score (nSPS) is 11.6. The van der Waals surface area contributed by atoms with Crippen molar-refractivity contribution in [1.29, 1.82) is 0 Å². The van der Waals surface area contributed by atoms with Gasteiger partial charge in [0.2, 0.25) is 17.6 Å². The number of aromatic nitrogens is 3. The van der Waals surface area contributed by atoms with Crippen molar-refractivity contribution < 1.29 is 18.8 Å². The first-order chi connectivity index (χ1) is 14.2. The van der Waals surface area contributed by atoms with Crippen LogP contribution in [-0.2, 0) is 20.7 Å². The van der Waals surface area contributed by atoms with Gasteiger partial charge in [-0.25, -0.2) is 0 Å². The lowest BCUT2D eigenvalue weighted by molar-refractivity contribution is -0.143. The first-order valence-electron chi connectivity index (χ1n) is 9.38. The van der Waals surface area contributed by atoms with Gasteiger partial charge in [-0.05, 0) is 24.6 Å². The monoisotopic (exact) mass is 394 g/mol. The quantitative estimate of drug-likeness (QED) is 0.556. The van der Waals surface area contributed by atoms with Gasteiger partial charge in [0.1, 0.15) is 0 Å². The van der Waals surface area contributed by atoms with Crippen LogP contribution in [0.4, 0.5) is 0 Å². The van der Waals surface area contributed by atoms with Gasteiger partial charge in [0.15, 0.2) is 0 Å². The summed E-state index contributed by atoms with van der Waals surface area (Å²) in [5.74, 6) is 0.244. The van der Waals surface area contributed by atoms with Crippen LogP contribution in [0.3, 0.4) is 0 Å². The Balaban J connectivity index is 1.58. The molecule has 150 valence electrons. The SMILES string of the molecule is CCOC(=O)CC(NC(=O)CCc1nc(-c2ccncc2)no1)c1ccccc1. The number of carbonyl (C=O) groups excluding carboxylic acids is 2. The van der Waals surface area contributed by atoms with E-state index in [2.05, 4.69) is 20.4 Å². The molecule has 0 aliphatic rings. The molecule has 0 spiro atoms. The fourth-order valence-electron chi connectivity index (χ4n) is 2.79. The van der Waals surface area contributed by atoms with Crippen LogP contribution in [0.25, 0.3) is 11.4 Å². The van der Waals surface area contributed by atoms with Crippen LogP contribution in [0.15, 0.2) is 59.4 Å². The van der Waals surface area contributed by atoms with Gasteiger partial charge in [-0.15, -0.1) is 0 Å². The molecule has 8 nitrogen and oxygen atoms in total. The molecule has 1 aromatic carbocycles. The summed E-state index contributed by atoms with van der Waals surface area (Å²) in [5.41, 5.74) is 1.63. The van der Waals surface area contributed by atoms with Crippen molar-refractivity contribution in [3.63, 3.8) is 0 Å². The Morgan fingerprint density at radius 3 is 2.62 bits per heavy atom. The van der Waals surface area contributed by atoms with E-state index < -0.39 is 6.04 Å². The molecular weight excluding hydrogens is 372 g/mol. The topological polar surface area (TPSA) is 107 Å². The Morgan fingerprint density at radius 1 is 1.14 bits per heavy atom. The molecule has 0 aliphatic carbocycles. The van der Waals surface area contributed by atoms with Gasteiger partial charge in [-0.2, -0.15) is 4.98 Å². The molecule has 1 amide bonds. The third-order valence-corrected chi connectivity index (χ3v) is 4.19. The van der Waals surface area contributed by atoms with E-state index in [0.717, 1.165) is 11.1 Å². The maximum Gasteiger partial charge on any atom is 0.308 e. The second-order valence-corrected chi connectivity index (χ2v) is 6.29. The van der Waals surface area contributed by atoms with E-state index in [4.69, 9.17) is 9.26 Å². The van der Waals surface area contributed by atoms with Gasteiger partial charge in [0, 0.05) is 30.8 Å². The Morgan fingerprint density at radius 2 is 1.90 bits per heavy atom. The summed E-state index contributed by atoms with van der Waals surface area (Å²) in [6.07, 6.45) is 3.81. The second kappa shape index (κ2) is 10.1. The van der Waals surface area contributed by atoms with E-state index in [1.165, 1.54) is 0 Å². The number of aryl methyl sites for hydroxylation is 1. The molecule has 2 heterocycles. The minimum atomic E-state index is -0.460. The van der Waals surface area contributed by atoms with Gasteiger partial charge in [0.05, 0.1) is 19.1 Å². The lowest BCUT2D eigenvalue weighted by Crippen LogP contribution is -2.30. The van der Waals surface area contributed by atoms with Crippen LogP contribution in [0.1, 0.15) is 37.3 Å². The van der Waals surface area contributed by atoms with Gasteiger partial charge in [-0.1, -0.05) is 35.5 Å². The highest BCUT2D eigenvalue weighted by Crippen LogP contribution is 2.18. The number of rotatable bonds is 9. The predicted octanol–water partition coefficient (Wildman–Crippen LogP) is 2.87. The number of esters is 1. The fourth-order valence-corrected chi connectivity index (χ4v) is 2.79. The summed E-state index contributed by atoms with van der Waals surface area (Å²) in [5, 5.41) is 6.82. The number of pyridine rings is 1. The number of nitrogens with one attached hydrogen (secondary N) is 1. The third kappa shape index (κ3) is 5.97. The summed E-state index contributed by atoms with van der Waals surface area (Å²) in [6.45, 7) is 2.05. The van der Waals surface area contributed by atoms with Gasteiger partial charge < -0.3 is 14.6 Å². The van der Waals surface area contributed by atoms with Crippen LogP contribution in [0.2, 0.25) is 0 Å². The van der Waals surface area contributed by atoms with Crippen molar-refractivity contribution in [3.05, 3.63) is 66.3 Å². The molecular formula is C21H22N4O4. The van der Waals surface area contributed by atoms with E-state index in [0.29, 0.717) is 24.7 Å². The second-order valence-electron chi connectivity index (χ2n) is 6.29. The number of benzene rings is 1. The van der Waals surface area contributed by atoms with Crippen LogP contribution in [0, 0.1) is 0 Å². The number of hydrogen-bond donors (Lipinski definition) is 1. The smallest absolute Gasteiger partial charge is 0.308 e. The lowest BCUT2D eigenvalue weighted by Gasteiger charge is -2.18. The number of nitrogens with zero attached hydrogens (tertiary/aromatic N) is 3. The molecule has 3 aromatic rings. The average Bonchev–Trinajstić information content (AvgIpc) is 3.22. The Kier molecular flexibility index (Phi) is 7.05. The summed E-state index contributed by atoms with van der Waals surface area (Å²) in [4.78, 5) is 32.6. The zero-order valence-electron chi connectivity index (χ0n) is 16.1. The summed E-state index contributed by atoms with van der Waals surface area (Å²) >= 11 is 0. The highest BCUT2D eigenvalue weighted by molar-refractivity contribution is 5.78. The van der Waals surface area contributed by atoms with Crippen molar-refractivity contribution in [2.24, 2.45) is 0 Å². The lowest BCUT2D eigenvalue weighted by atomic mass is 10.0. The Hall–Kier alpha value is -3.55. The van der Waals surface area contributed by atoms with Crippen molar-refractivity contribution in [1.82, 2.24) is 20.4 Å². The van der Waals surface area contributed by atoms with Crippen molar-refractivity contribution >= 4 is 11.9 Å². The maximum atomic E-state index is 12.5. The number of hydrogen-bond acceptors (Lipinski definition) is 7. The van der Waals surface area contributed by atoms with Crippen LogP contribution < -0.4 is 5.32 Å². The molecule has 1 unspecified atom stereocenters. The Bertz CT molecular complexity index is 928. The van der Waals surface area contributed by atoms with Crippen molar-refractivity contribution in [3.8, 4) is 11.4 Å². The fraction of sp³-hybridized carbons (Fsp3) is 0.286. The van der Waals surface area contributed by atoms with E-state index in [1.807, 2.05) is 30.3 Å². The molecule has 0 fully saturated rings. The molecule has 29 heavy (non-hydrogen) atoms. The van der Waals surface area contributed by atoms with Crippen molar-refractivity contribution in [2.45, 2.75) is 32.2 Å². The molecule has 0 saturated heterocycles. The average molecular weight is 394 g/mol. The standard InChI is InChI=1S/C21H22N4O4/c1-2-28-20(27)14-17(15-6-4-3-5-7-15)23-18(26)8-9-19-24-21(25-29-19)16-10-12-22-13-11-16/h3-7,10-13,17H,2,8-9,14H2,1H3,(H,23,26). The minimum Gasteiger partial charge on any atom is -0.466 e. The molecule has 3 rings (SSSR count). The molecule has 8 heteroatoms. The van der Waals surface area contributed by atoms with E-state index in [9.17, 15) is 9.59 Å². The van der Waals surface area contributed by atoms with E-state index >= 15 is 0 Å². The maximum absolute atomic E-state index is 12.5. The predicted molar refractivity (Wildman–Crippen MR) is 104 cm³/mol. The molecule has 1 N–H and O–H groups in total. The molecule has 0 radical (unpaired) electrons. The van der Waals surface area contributed by atoms with Crippen LogP contribution in [-0.4, -0.2) is 33.6 Å². The number of amides is 1. The largest absolute Gasteiger partial charge is 0.466 e. The summed E-state index contributed by atoms with van der Waals surface area (Å²) in [7, 11) is 0. The minimum absolute atomic E-state index is 0.0658. The molecule has 2 aromatic heterocycles. The van der Waals surface area contributed by atoms with E-state index in [-0.39, 0.29) is 24.7 Å². The molecule has 0 aliphatic heterocycles. The van der Waals surface area contributed by atoms with E-state index in [1.54, 1.807) is 31.5 Å². The molecule has 0 saturated carbocycles. The molecule has 0 bridgehead atoms. The van der Waals surface area contributed by atoms with Gasteiger partial charge in [0.25, 0.3) is 0 Å². The highest BCUT2D eigenvalue weighted by atomic mass is 16.5. The first-order valence-corrected chi connectivity index (χ1v) is 9.38. The number of ether oxygens (including phenoxy) is 1. The van der Waals surface area contributed by atoms with Crippen LogP contribution >= 0.6 is 0 Å². The summed E-state index contributed by atoms with van der Waals surface area (Å²) in [6, 6.07) is 12.4.